The molecule has 0 aliphatic heterocycles. The van der Waals surface area contributed by atoms with Crippen molar-refractivity contribution < 1.29 is 19.4 Å². The zero-order chi connectivity index (χ0) is 18.0. The van der Waals surface area contributed by atoms with Crippen LogP contribution in [-0.2, 0) is 0 Å². The number of rotatable bonds is 4. The molecule has 1 aromatic heterocycles. The van der Waals surface area contributed by atoms with E-state index in [1.807, 2.05) is 6.92 Å². The van der Waals surface area contributed by atoms with Crippen molar-refractivity contribution in [3.63, 3.8) is 0 Å². The molecule has 25 heavy (non-hydrogen) atoms. The predicted molar refractivity (Wildman–Crippen MR) is 94.4 cm³/mol. The lowest BCUT2D eigenvalue weighted by Crippen LogP contribution is -2.14. The monoisotopic (exact) mass is 336 g/mol. The van der Waals surface area contributed by atoms with Crippen LogP contribution in [0, 0.1) is 6.92 Å². The summed E-state index contributed by atoms with van der Waals surface area (Å²) in [7, 11) is 1.50. The van der Waals surface area contributed by atoms with Gasteiger partial charge in [0, 0.05) is 17.0 Å². The summed E-state index contributed by atoms with van der Waals surface area (Å²) < 4.78 is 5.22. The zero-order valence-electron chi connectivity index (χ0n) is 13.7. The molecule has 3 rings (SSSR count). The largest absolute Gasteiger partial charge is 0.496 e. The summed E-state index contributed by atoms with van der Waals surface area (Å²) >= 11 is 0. The van der Waals surface area contributed by atoms with E-state index in [0.29, 0.717) is 27.8 Å². The van der Waals surface area contributed by atoms with Crippen molar-refractivity contribution in [2.45, 2.75) is 6.92 Å². The first-order chi connectivity index (χ1) is 12.0. The Morgan fingerprint density at radius 2 is 1.84 bits per heavy atom. The summed E-state index contributed by atoms with van der Waals surface area (Å²) in [6.07, 6.45) is 1.42. The summed E-state index contributed by atoms with van der Waals surface area (Å²) in [4.78, 5) is 28.0. The third-order valence-corrected chi connectivity index (χ3v) is 3.95. The van der Waals surface area contributed by atoms with Crippen LogP contribution in [0.15, 0.2) is 48.7 Å². The van der Waals surface area contributed by atoms with Gasteiger partial charge in [0.05, 0.1) is 18.4 Å². The minimum absolute atomic E-state index is 0.0507. The number of carboxylic acid groups (broad SMARTS) is 1. The summed E-state index contributed by atoms with van der Waals surface area (Å²) in [6, 6.07) is 12.0. The van der Waals surface area contributed by atoms with Crippen LogP contribution in [0.1, 0.15) is 26.4 Å². The van der Waals surface area contributed by atoms with E-state index in [1.165, 1.54) is 13.3 Å². The average molecular weight is 336 g/mol. The number of hydrogen-bond donors (Lipinski definition) is 2. The molecule has 126 valence electrons. The fourth-order valence-corrected chi connectivity index (χ4v) is 2.71. The Hall–Kier alpha value is -3.41. The molecule has 2 N–H and O–H groups in total. The van der Waals surface area contributed by atoms with Gasteiger partial charge < -0.3 is 15.2 Å². The Bertz CT molecular complexity index is 982. The third-order valence-electron chi connectivity index (χ3n) is 3.95. The number of carbonyl (C=O) groups is 2. The molecule has 0 bridgehead atoms. The number of nitrogens with one attached hydrogen (secondary N) is 1. The molecule has 1 amide bonds. The van der Waals surface area contributed by atoms with Gasteiger partial charge in [-0.3, -0.25) is 4.79 Å². The highest BCUT2D eigenvalue weighted by molar-refractivity contribution is 6.13. The molecule has 0 unspecified atom stereocenters. The maximum Gasteiger partial charge on any atom is 0.355 e. The molecule has 3 aromatic rings. The molecule has 6 nitrogen and oxygen atoms in total. The van der Waals surface area contributed by atoms with E-state index in [0.717, 1.165) is 5.56 Å². The third kappa shape index (κ3) is 3.01. The lowest BCUT2D eigenvalue weighted by atomic mass is 10.0. The highest BCUT2D eigenvalue weighted by Crippen LogP contribution is 2.30. The van der Waals surface area contributed by atoms with Gasteiger partial charge >= 0.3 is 5.97 Å². The normalized spacial score (nSPS) is 10.5. The zero-order valence-corrected chi connectivity index (χ0v) is 13.7. The van der Waals surface area contributed by atoms with Crippen LogP contribution in [0.5, 0.6) is 5.75 Å². The van der Waals surface area contributed by atoms with Gasteiger partial charge in [-0.25, -0.2) is 9.78 Å². The number of amides is 1. The first kappa shape index (κ1) is 16.4. The summed E-state index contributed by atoms with van der Waals surface area (Å²) in [5.41, 5.74) is 1.72. The topological polar surface area (TPSA) is 88.5 Å². The summed E-state index contributed by atoms with van der Waals surface area (Å²) in [6.45, 7) is 1.85. The molecule has 1 heterocycles. The SMILES string of the molecule is COc1ccccc1C(=O)Nc1c(C)ccc2c(C(=O)O)nccc12. The van der Waals surface area contributed by atoms with Gasteiger partial charge in [0.15, 0.2) is 5.69 Å². The molecule has 0 saturated heterocycles. The highest BCUT2D eigenvalue weighted by atomic mass is 16.5. The molecule has 0 fully saturated rings. The number of carbonyl (C=O) groups excluding carboxylic acids is 1. The van der Waals surface area contributed by atoms with E-state index >= 15 is 0 Å². The van der Waals surface area contributed by atoms with Crippen LogP contribution in [0.25, 0.3) is 10.8 Å². The Kier molecular flexibility index (Phi) is 4.35. The van der Waals surface area contributed by atoms with Crippen LogP contribution < -0.4 is 10.1 Å². The molecule has 0 atom stereocenters. The second-order valence-corrected chi connectivity index (χ2v) is 5.47. The van der Waals surface area contributed by atoms with E-state index in [4.69, 9.17) is 4.74 Å². The molecule has 0 aliphatic carbocycles. The summed E-state index contributed by atoms with van der Waals surface area (Å²) in [5.74, 6) is -0.982. The number of pyridine rings is 1. The Balaban J connectivity index is 2.10. The number of fused-ring (bicyclic) bond motifs is 1. The number of methoxy groups -OCH3 is 1. The molecule has 2 aromatic carbocycles. The van der Waals surface area contributed by atoms with E-state index < -0.39 is 5.97 Å². The van der Waals surface area contributed by atoms with Crippen molar-refractivity contribution in [3.05, 3.63) is 65.5 Å². The fourth-order valence-electron chi connectivity index (χ4n) is 2.71. The lowest BCUT2D eigenvalue weighted by Gasteiger charge is -2.14. The van der Waals surface area contributed by atoms with Crippen molar-refractivity contribution in [1.29, 1.82) is 0 Å². The number of ether oxygens (including phenoxy) is 1. The standard InChI is InChI=1S/C19H16N2O4/c1-11-7-8-12-13(9-10-20-17(12)19(23)24)16(11)21-18(22)14-5-3-4-6-15(14)25-2/h3-10H,1-2H3,(H,21,22)(H,23,24). The number of aromatic nitrogens is 1. The molecule has 0 radical (unpaired) electrons. The number of anilines is 1. The first-order valence-corrected chi connectivity index (χ1v) is 7.59. The van der Waals surface area contributed by atoms with Gasteiger partial charge in [-0.15, -0.1) is 0 Å². The van der Waals surface area contributed by atoms with Gasteiger partial charge in [0.2, 0.25) is 0 Å². The number of nitrogens with zero attached hydrogens (tertiary/aromatic N) is 1. The smallest absolute Gasteiger partial charge is 0.355 e. The average Bonchev–Trinajstić information content (AvgIpc) is 2.63. The second-order valence-electron chi connectivity index (χ2n) is 5.47. The maximum atomic E-state index is 12.7. The Morgan fingerprint density at radius 1 is 1.08 bits per heavy atom. The lowest BCUT2D eigenvalue weighted by molar-refractivity contribution is 0.0692. The van der Waals surface area contributed by atoms with Crippen LogP contribution in [0.4, 0.5) is 5.69 Å². The van der Waals surface area contributed by atoms with Gasteiger partial charge in [-0.1, -0.05) is 24.3 Å². The van der Waals surface area contributed by atoms with E-state index in [-0.39, 0.29) is 11.6 Å². The van der Waals surface area contributed by atoms with Crippen LogP contribution in [-0.4, -0.2) is 29.1 Å². The Morgan fingerprint density at radius 3 is 2.56 bits per heavy atom. The van der Waals surface area contributed by atoms with Crippen LogP contribution in [0.3, 0.4) is 0 Å². The van der Waals surface area contributed by atoms with E-state index in [1.54, 1.807) is 42.5 Å². The van der Waals surface area contributed by atoms with Gasteiger partial charge in [-0.05, 0) is 30.7 Å². The predicted octanol–water partition coefficient (Wildman–Crippen LogP) is 3.50. The number of aryl methyl sites for hydroxylation is 1. The quantitative estimate of drug-likeness (QED) is 0.761. The number of benzene rings is 2. The van der Waals surface area contributed by atoms with Crippen molar-refractivity contribution in [2.24, 2.45) is 0 Å². The van der Waals surface area contributed by atoms with E-state index in [2.05, 4.69) is 10.3 Å². The molecular weight excluding hydrogens is 320 g/mol. The van der Waals surface area contributed by atoms with Gasteiger partial charge in [0.1, 0.15) is 5.75 Å². The second kappa shape index (κ2) is 6.60. The van der Waals surface area contributed by atoms with Crippen LogP contribution >= 0.6 is 0 Å². The van der Waals surface area contributed by atoms with Gasteiger partial charge in [0.25, 0.3) is 5.91 Å². The number of carboxylic acids is 1. The number of hydrogen-bond acceptors (Lipinski definition) is 4. The van der Waals surface area contributed by atoms with E-state index in [9.17, 15) is 14.7 Å². The maximum absolute atomic E-state index is 12.7. The van der Waals surface area contributed by atoms with Crippen molar-refractivity contribution in [3.8, 4) is 5.75 Å². The summed E-state index contributed by atoms with van der Waals surface area (Å²) in [5, 5.41) is 13.3. The Labute approximate surface area is 144 Å². The van der Waals surface area contributed by atoms with Crippen LogP contribution in [0.2, 0.25) is 0 Å². The van der Waals surface area contributed by atoms with Gasteiger partial charge in [-0.2, -0.15) is 0 Å². The van der Waals surface area contributed by atoms with Crippen molar-refractivity contribution >= 4 is 28.3 Å². The van der Waals surface area contributed by atoms with Crippen molar-refractivity contribution in [2.75, 3.05) is 12.4 Å². The minimum atomic E-state index is -1.11. The minimum Gasteiger partial charge on any atom is -0.496 e. The molecule has 6 heteroatoms. The number of para-hydroxylation sites is 1. The molecular formula is C19H16N2O4. The number of aromatic carboxylic acids is 1. The van der Waals surface area contributed by atoms with Crippen molar-refractivity contribution in [1.82, 2.24) is 4.98 Å². The fraction of sp³-hybridized carbons (Fsp3) is 0.105. The molecule has 0 saturated carbocycles. The first-order valence-electron chi connectivity index (χ1n) is 7.59. The molecule has 0 spiro atoms. The highest BCUT2D eigenvalue weighted by Gasteiger charge is 2.17. The molecule has 0 aliphatic rings.